The Hall–Kier alpha value is -1.55. The van der Waals surface area contributed by atoms with Gasteiger partial charge in [-0.2, -0.15) is 0 Å². The molecular formula is C14H21N3O. The van der Waals surface area contributed by atoms with Crippen molar-refractivity contribution < 1.29 is 4.74 Å². The Morgan fingerprint density at radius 3 is 2.56 bits per heavy atom. The first kappa shape index (κ1) is 12.9. The molecule has 1 aliphatic rings. The smallest absolute Gasteiger partial charge is 0.216 e. The van der Waals surface area contributed by atoms with E-state index in [1.54, 1.807) is 0 Å². The second-order valence-electron chi connectivity index (χ2n) is 4.51. The van der Waals surface area contributed by atoms with Gasteiger partial charge in [-0.1, -0.05) is 13.8 Å². The fraction of sp³-hybridized carbons (Fsp3) is 0.500. The first-order valence-corrected chi connectivity index (χ1v) is 6.51. The van der Waals surface area contributed by atoms with Gasteiger partial charge in [0.05, 0.1) is 0 Å². The molecule has 0 unspecified atom stereocenters. The lowest BCUT2D eigenvalue weighted by molar-refractivity contribution is 0.245. The maximum Gasteiger partial charge on any atom is 0.216 e. The lowest BCUT2D eigenvalue weighted by atomic mass is 10.2. The van der Waals surface area contributed by atoms with Crippen molar-refractivity contribution in [2.45, 2.75) is 19.9 Å². The average molecular weight is 247 g/mol. The molecule has 2 rings (SSSR count). The summed E-state index contributed by atoms with van der Waals surface area (Å²) >= 11 is 0. The lowest BCUT2D eigenvalue weighted by Gasteiger charge is -2.19. The number of nitrogens with zero attached hydrogens (tertiary/aromatic N) is 2. The van der Waals surface area contributed by atoms with Crippen LogP contribution >= 0.6 is 0 Å². The van der Waals surface area contributed by atoms with Gasteiger partial charge in [0.15, 0.2) is 0 Å². The van der Waals surface area contributed by atoms with Crippen LogP contribution in [0, 0.1) is 0 Å². The van der Waals surface area contributed by atoms with Crippen molar-refractivity contribution in [3.8, 4) is 0 Å². The van der Waals surface area contributed by atoms with E-state index in [-0.39, 0.29) is 6.04 Å². The average Bonchev–Trinajstić information content (AvgIpc) is 2.85. The Kier molecular flexibility index (Phi) is 4.20. The largest absolute Gasteiger partial charge is 0.475 e. The van der Waals surface area contributed by atoms with Gasteiger partial charge in [0, 0.05) is 17.8 Å². The molecule has 2 N–H and O–H groups in total. The molecule has 0 aromatic heterocycles. The van der Waals surface area contributed by atoms with E-state index in [0.29, 0.717) is 6.61 Å². The summed E-state index contributed by atoms with van der Waals surface area (Å²) in [6, 6.07) is 7.90. The number of nitrogens with two attached hydrogens (primary N) is 1. The van der Waals surface area contributed by atoms with E-state index in [1.807, 2.05) is 24.3 Å². The summed E-state index contributed by atoms with van der Waals surface area (Å²) in [5.74, 6) is 0.743. The van der Waals surface area contributed by atoms with E-state index in [4.69, 9.17) is 10.5 Å². The summed E-state index contributed by atoms with van der Waals surface area (Å²) in [4.78, 5) is 7.00. The zero-order valence-corrected chi connectivity index (χ0v) is 11.1. The molecule has 1 aromatic rings. The first-order chi connectivity index (χ1) is 8.72. The highest BCUT2D eigenvalue weighted by Gasteiger charge is 2.21. The van der Waals surface area contributed by atoms with Crippen molar-refractivity contribution in [1.29, 1.82) is 0 Å². The Labute approximate surface area is 108 Å². The Bertz CT molecular complexity index is 410. The molecule has 0 amide bonds. The molecule has 1 aliphatic heterocycles. The van der Waals surface area contributed by atoms with Crippen LogP contribution in [0.1, 0.15) is 19.4 Å². The highest BCUT2D eigenvalue weighted by Crippen LogP contribution is 2.14. The van der Waals surface area contributed by atoms with Crippen LogP contribution in [0.25, 0.3) is 0 Å². The molecule has 0 fully saturated rings. The van der Waals surface area contributed by atoms with Crippen LogP contribution in [0.15, 0.2) is 29.3 Å². The number of rotatable bonds is 5. The van der Waals surface area contributed by atoms with Crippen molar-refractivity contribution >= 4 is 11.6 Å². The number of nitrogen functional groups attached to an aromatic ring is 1. The zero-order chi connectivity index (χ0) is 13.0. The minimum absolute atomic E-state index is 0.248. The molecule has 1 heterocycles. The topological polar surface area (TPSA) is 50.9 Å². The van der Waals surface area contributed by atoms with Crippen LogP contribution in [0.2, 0.25) is 0 Å². The van der Waals surface area contributed by atoms with Gasteiger partial charge < -0.3 is 15.4 Å². The number of likely N-dealkylation sites (N-methyl/N-ethyl adjacent to an activating group) is 1. The van der Waals surface area contributed by atoms with E-state index >= 15 is 0 Å². The molecule has 98 valence electrons. The number of anilines is 1. The number of ether oxygens (including phenoxy) is 1. The van der Waals surface area contributed by atoms with Gasteiger partial charge >= 0.3 is 0 Å². The molecule has 0 saturated heterocycles. The van der Waals surface area contributed by atoms with Crippen molar-refractivity contribution in [3.63, 3.8) is 0 Å². The maximum absolute atomic E-state index is 5.67. The SMILES string of the molecule is CCN(CC)C[C@@H]1COC(c2ccc(N)cc2)=N1. The van der Waals surface area contributed by atoms with Crippen LogP contribution in [-0.2, 0) is 4.74 Å². The molecule has 0 aliphatic carbocycles. The fourth-order valence-electron chi connectivity index (χ4n) is 2.07. The van der Waals surface area contributed by atoms with E-state index in [9.17, 15) is 0 Å². The van der Waals surface area contributed by atoms with Gasteiger partial charge in [-0.05, 0) is 37.4 Å². The molecule has 18 heavy (non-hydrogen) atoms. The van der Waals surface area contributed by atoms with Crippen LogP contribution in [0.3, 0.4) is 0 Å². The molecular weight excluding hydrogens is 226 g/mol. The summed E-state index contributed by atoms with van der Waals surface area (Å²) in [5.41, 5.74) is 7.43. The van der Waals surface area contributed by atoms with Crippen molar-refractivity contribution in [3.05, 3.63) is 29.8 Å². The summed E-state index contributed by atoms with van der Waals surface area (Å²) in [6.45, 7) is 8.09. The van der Waals surface area contributed by atoms with Crippen molar-refractivity contribution in [2.24, 2.45) is 4.99 Å². The molecule has 4 nitrogen and oxygen atoms in total. The van der Waals surface area contributed by atoms with Crippen LogP contribution in [0.5, 0.6) is 0 Å². The summed E-state index contributed by atoms with van der Waals surface area (Å²) in [6.07, 6.45) is 0. The van der Waals surface area contributed by atoms with Gasteiger partial charge in [-0.15, -0.1) is 0 Å². The molecule has 4 heteroatoms. The Balaban J connectivity index is 2.01. The third-order valence-electron chi connectivity index (χ3n) is 3.23. The number of hydrogen-bond acceptors (Lipinski definition) is 4. The fourth-order valence-corrected chi connectivity index (χ4v) is 2.07. The maximum atomic E-state index is 5.67. The van der Waals surface area contributed by atoms with Gasteiger partial charge in [0.1, 0.15) is 12.6 Å². The standard InChI is InChI=1S/C14H21N3O/c1-3-17(4-2)9-13-10-18-14(16-13)11-5-7-12(15)8-6-11/h5-8,13H,3-4,9-10,15H2,1-2H3/t13-/m1/s1. The van der Waals surface area contributed by atoms with Gasteiger partial charge in [-0.3, -0.25) is 0 Å². The summed E-state index contributed by atoms with van der Waals surface area (Å²) in [5, 5.41) is 0. The number of hydrogen-bond donors (Lipinski definition) is 1. The molecule has 1 aromatic carbocycles. The molecule has 0 spiro atoms. The predicted molar refractivity (Wildman–Crippen MR) is 74.9 cm³/mol. The highest BCUT2D eigenvalue weighted by molar-refractivity contribution is 5.95. The third kappa shape index (κ3) is 3.01. The highest BCUT2D eigenvalue weighted by atomic mass is 16.5. The van der Waals surface area contributed by atoms with E-state index in [2.05, 4.69) is 23.7 Å². The lowest BCUT2D eigenvalue weighted by Crippen LogP contribution is -2.31. The molecule has 0 saturated carbocycles. The van der Waals surface area contributed by atoms with Crippen LogP contribution in [-0.4, -0.2) is 43.1 Å². The Morgan fingerprint density at radius 2 is 1.94 bits per heavy atom. The second-order valence-corrected chi connectivity index (χ2v) is 4.51. The quantitative estimate of drug-likeness (QED) is 0.807. The monoisotopic (exact) mass is 247 g/mol. The first-order valence-electron chi connectivity index (χ1n) is 6.51. The van der Waals surface area contributed by atoms with E-state index in [1.165, 1.54) is 0 Å². The summed E-state index contributed by atoms with van der Waals surface area (Å²) in [7, 11) is 0. The van der Waals surface area contributed by atoms with Gasteiger partial charge in [0.25, 0.3) is 0 Å². The second kappa shape index (κ2) is 5.87. The molecule has 0 radical (unpaired) electrons. The molecule has 0 bridgehead atoms. The zero-order valence-electron chi connectivity index (χ0n) is 11.1. The third-order valence-corrected chi connectivity index (χ3v) is 3.23. The number of benzene rings is 1. The summed E-state index contributed by atoms with van der Waals surface area (Å²) < 4.78 is 5.66. The minimum Gasteiger partial charge on any atom is -0.475 e. The Morgan fingerprint density at radius 1 is 1.28 bits per heavy atom. The predicted octanol–water partition coefficient (Wildman–Crippen LogP) is 1.76. The van der Waals surface area contributed by atoms with Crippen LogP contribution in [0.4, 0.5) is 5.69 Å². The van der Waals surface area contributed by atoms with Crippen LogP contribution < -0.4 is 5.73 Å². The van der Waals surface area contributed by atoms with Crippen molar-refractivity contribution in [1.82, 2.24) is 4.90 Å². The normalized spacial score (nSPS) is 18.8. The minimum atomic E-state index is 0.248. The van der Waals surface area contributed by atoms with E-state index in [0.717, 1.165) is 36.8 Å². The van der Waals surface area contributed by atoms with Gasteiger partial charge in [-0.25, -0.2) is 4.99 Å². The van der Waals surface area contributed by atoms with Crippen molar-refractivity contribution in [2.75, 3.05) is 32.0 Å². The van der Waals surface area contributed by atoms with Gasteiger partial charge in [0.2, 0.25) is 5.90 Å². The van der Waals surface area contributed by atoms with E-state index < -0.39 is 0 Å². The molecule has 1 atom stereocenters. The number of aliphatic imine (C=N–C) groups is 1.